The second-order valence-electron chi connectivity index (χ2n) is 6.83. The second kappa shape index (κ2) is 7.85. The maximum atomic E-state index is 12.4. The Kier molecular flexibility index (Phi) is 6.24. The molecule has 0 spiro atoms. The molecule has 6 nitrogen and oxygen atoms in total. The molecule has 1 saturated heterocycles. The monoisotopic (exact) mass is 368 g/mol. The minimum Gasteiger partial charge on any atom is -0.394 e. The summed E-state index contributed by atoms with van der Waals surface area (Å²) in [6, 6.07) is 8.90. The Bertz CT molecular complexity index is 690. The molecule has 0 radical (unpaired) electrons. The Morgan fingerprint density at radius 2 is 1.84 bits per heavy atom. The molecule has 1 aliphatic rings. The molecule has 25 heavy (non-hydrogen) atoms. The first kappa shape index (κ1) is 19.9. The number of rotatable bonds is 7. The summed E-state index contributed by atoms with van der Waals surface area (Å²) in [6.45, 7) is 5.53. The molecule has 1 aromatic carbocycles. The molecule has 1 aliphatic heterocycles. The van der Waals surface area contributed by atoms with Gasteiger partial charge in [-0.15, -0.1) is 0 Å². The van der Waals surface area contributed by atoms with E-state index in [1.165, 1.54) is 10.6 Å². The van der Waals surface area contributed by atoms with Gasteiger partial charge in [-0.25, -0.2) is 8.42 Å². The number of sulfonamides is 1. The van der Waals surface area contributed by atoms with E-state index in [0.717, 1.165) is 5.56 Å². The van der Waals surface area contributed by atoms with Crippen molar-refractivity contribution in [3.05, 3.63) is 35.9 Å². The van der Waals surface area contributed by atoms with E-state index in [9.17, 15) is 18.3 Å². The molecular formula is C18H28N2O4S. The van der Waals surface area contributed by atoms with Crippen LogP contribution in [0.3, 0.4) is 0 Å². The van der Waals surface area contributed by atoms with E-state index in [4.69, 9.17) is 0 Å². The van der Waals surface area contributed by atoms with E-state index >= 15 is 0 Å². The fraction of sp³-hybridized carbons (Fsp3) is 0.611. The number of amides is 1. The van der Waals surface area contributed by atoms with Crippen LogP contribution in [0.15, 0.2) is 30.3 Å². The van der Waals surface area contributed by atoms with Crippen LogP contribution in [0.25, 0.3) is 0 Å². The average Bonchev–Trinajstić information content (AvgIpc) is 2.53. The van der Waals surface area contributed by atoms with E-state index in [2.05, 4.69) is 0 Å². The van der Waals surface area contributed by atoms with Crippen LogP contribution in [0.1, 0.15) is 38.7 Å². The third-order valence-electron chi connectivity index (χ3n) is 4.87. The lowest BCUT2D eigenvalue weighted by atomic mass is 9.74. The van der Waals surface area contributed by atoms with Gasteiger partial charge in [-0.1, -0.05) is 37.3 Å². The average molecular weight is 368 g/mol. The predicted molar refractivity (Wildman–Crippen MR) is 97.7 cm³/mol. The number of aliphatic hydroxyl groups excluding tert-OH is 1. The minimum atomic E-state index is -3.39. The first-order valence-electron chi connectivity index (χ1n) is 8.66. The van der Waals surface area contributed by atoms with Gasteiger partial charge >= 0.3 is 0 Å². The summed E-state index contributed by atoms with van der Waals surface area (Å²) in [4.78, 5) is 14.1. The molecule has 1 heterocycles. The standard InChI is InChI=1S/C18H28N2O4S/c1-5-17(22)20-15(11-19(13(2)3)25(4,23)24)18(16(20)12-21)14-9-7-6-8-10-14/h6-10,13,15-16,18,21H,5,11-12H2,1-4H3/t15-,16+,18+/m0/s1. The highest BCUT2D eigenvalue weighted by Gasteiger charge is 2.51. The third kappa shape index (κ3) is 4.04. The molecule has 1 amide bonds. The van der Waals surface area contributed by atoms with Gasteiger partial charge in [0, 0.05) is 24.9 Å². The lowest BCUT2D eigenvalue weighted by molar-refractivity contribution is -0.151. The van der Waals surface area contributed by atoms with Crippen LogP contribution in [-0.4, -0.2) is 66.2 Å². The Balaban J connectivity index is 2.38. The van der Waals surface area contributed by atoms with Gasteiger partial charge in [-0.05, 0) is 19.4 Å². The lowest BCUT2D eigenvalue weighted by Crippen LogP contribution is -2.69. The molecule has 7 heteroatoms. The van der Waals surface area contributed by atoms with Gasteiger partial charge in [0.05, 0.1) is 24.9 Å². The Labute approximate surface area is 150 Å². The van der Waals surface area contributed by atoms with Gasteiger partial charge in [-0.2, -0.15) is 4.31 Å². The topological polar surface area (TPSA) is 77.9 Å². The fourth-order valence-electron chi connectivity index (χ4n) is 3.74. The van der Waals surface area contributed by atoms with Crippen LogP contribution in [0.2, 0.25) is 0 Å². The zero-order valence-electron chi connectivity index (χ0n) is 15.3. The third-order valence-corrected chi connectivity index (χ3v) is 6.30. The fourth-order valence-corrected chi connectivity index (χ4v) is 4.92. The normalized spacial score (nSPS) is 23.8. The summed E-state index contributed by atoms with van der Waals surface area (Å²) in [5, 5.41) is 9.83. The van der Waals surface area contributed by atoms with Gasteiger partial charge in [0.15, 0.2) is 0 Å². The molecule has 1 fully saturated rings. The molecule has 0 aliphatic carbocycles. The number of likely N-dealkylation sites (tertiary alicyclic amines) is 1. The first-order chi connectivity index (χ1) is 11.7. The smallest absolute Gasteiger partial charge is 0.222 e. The van der Waals surface area contributed by atoms with Crippen molar-refractivity contribution in [1.82, 2.24) is 9.21 Å². The van der Waals surface area contributed by atoms with Crippen LogP contribution >= 0.6 is 0 Å². The van der Waals surface area contributed by atoms with Gasteiger partial charge in [0.1, 0.15) is 0 Å². The maximum Gasteiger partial charge on any atom is 0.222 e. The van der Waals surface area contributed by atoms with Crippen LogP contribution < -0.4 is 0 Å². The van der Waals surface area contributed by atoms with Crippen molar-refractivity contribution in [2.24, 2.45) is 0 Å². The molecule has 3 atom stereocenters. The Morgan fingerprint density at radius 3 is 2.28 bits per heavy atom. The van der Waals surface area contributed by atoms with E-state index in [1.807, 2.05) is 44.2 Å². The summed E-state index contributed by atoms with van der Waals surface area (Å²) in [6.07, 6.45) is 1.52. The Morgan fingerprint density at radius 1 is 1.24 bits per heavy atom. The number of nitrogens with zero attached hydrogens (tertiary/aromatic N) is 2. The number of hydrogen-bond acceptors (Lipinski definition) is 4. The van der Waals surface area contributed by atoms with Crippen molar-refractivity contribution >= 4 is 15.9 Å². The van der Waals surface area contributed by atoms with Crippen molar-refractivity contribution < 1.29 is 18.3 Å². The largest absolute Gasteiger partial charge is 0.394 e. The van der Waals surface area contributed by atoms with Crippen molar-refractivity contribution in [1.29, 1.82) is 0 Å². The number of hydrogen-bond donors (Lipinski definition) is 1. The molecule has 0 aromatic heterocycles. The number of carbonyl (C=O) groups excluding carboxylic acids is 1. The summed E-state index contributed by atoms with van der Waals surface area (Å²) in [7, 11) is -3.39. The van der Waals surface area contributed by atoms with Crippen molar-refractivity contribution in [3.63, 3.8) is 0 Å². The van der Waals surface area contributed by atoms with Gasteiger partial charge in [-0.3, -0.25) is 4.79 Å². The predicted octanol–water partition coefficient (Wildman–Crippen LogP) is 1.42. The number of benzene rings is 1. The molecule has 1 N–H and O–H groups in total. The van der Waals surface area contributed by atoms with Crippen molar-refractivity contribution in [2.75, 3.05) is 19.4 Å². The maximum absolute atomic E-state index is 12.4. The zero-order chi connectivity index (χ0) is 18.8. The molecule has 0 bridgehead atoms. The summed E-state index contributed by atoms with van der Waals surface area (Å²) in [5.41, 5.74) is 1.02. The van der Waals surface area contributed by atoms with E-state index < -0.39 is 10.0 Å². The van der Waals surface area contributed by atoms with Gasteiger partial charge < -0.3 is 10.0 Å². The molecule has 0 unspecified atom stereocenters. The van der Waals surface area contributed by atoms with E-state index in [-0.39, 0.29) is 43.1 Å². The van der Waals surface area contributed by atoms with E-state index in [1.54, 1.807) is 11.8 Å². The SMILES string of the molecule is CCC(=O)N1[C@H](CO)[C@H](c2ccccc2)[C@@H]1CN(C(C)C)S(C)(=O)=O. The quantitative estimate of drug-likeness (QED) is 0.790. The van der Waals surface area contributed by atoms with Crippen LogP contribution in [0.5, 0.6) is 0 Å². The summed E-state index contributed by atoms with van der Waals surface area (Å²) in [5.74, 6) is -0.141. The first-order valence-corrected chi connectivity index (χ1v) is 10.5. The van der Waals surface area contributed by atoms with Gasteiger partial charge in [0.25, 0.3) is 0 Å². The molecule has 2 rings (SSSR count). The molecule has 0 saturated carbocycles. The summed E-state index contributed by atoms with van der Waals surface area (Å²) >= 11 is 0. The van der Waals surface area contributed by atoms with Crippen LogP contribution in [0, 0.1) is 0 Å². The minimum absolute atomic E-state index is 0.0616. The Hall–Kier alpha value is -1.44. The lowest BCUT2D eigenvalue weighted by Gasteiger charge is -2.56. The highest BCUT2D eigenvalue weighted by Crippen LogP contribution is 2.41. The van der Waals surface area contributed by atoms with Crippen molar-refractivity contribution in [2.45, 2.75) is 51.2 Å². The summed E-state index contributed by atoms with van der Waals surface area (Å²) < 4.78 is 25.8. The van der Waals surface area contributed by atoms with Crippen LogP contribution in [0.4, 0.5) is 0 Å². The highest BCUT2D eigenvalue weighted by atomic mass is 32.2. The van der Waals surface area contributed by atoms with Gasteiger partial charge in [0.2, 0.25) is 15.9 Å². The zero-order valence-corrected chi connectivity index (χ0v) is 16.1. The van der Waals surface area contributed by atoms with E-state index in [0.29, 0.717) is 6.42 Å². The van der Waals surface area contributed by atoms with Crippen LogP contribution in [-0.2, 0) is 14.8 Å². The molecular weight excluding hydrogens is 340 g/mol. The number of aliphatic hydroxyl groups is 1. The highest BCUT2D eigenvalue weighted by molar-refractivity contribution is 7.88. The number of carbonyl (C=O) groups is 1. The molecule has 1 aromatic rings. The van der Waals surface area contributed by atoms with Crippen molar-refractivity contribution in [3.8, 4) is 0 Å². The molecule has 140 valence electrons. The second-order valence-corrected chi connectivity index (χ2v) is 8.77.